The number of halogens is 1. The molecule has 1 aromatic carbocycles. The number of benzene rings is 1. The van der Waals surface area contributed by atoms with E-state index in [1.54, 1.807) is 7.11 Å². The molecule has 0 fully saturated rings. The van der Waals surface area contributed by atoms with Gasteiger partial charge in [0.05, 0.1) is 11.6 Å². The Labute approximate surface area is 133 Å². The zero-order valence-electron chi connectivity index (χ0n) is 12.6. The molecule has 0 spiro atoms. The van der Waals surface area contributed by atoms with Gasteiger partial charge in [-0.15, -0.1) is 0 Å². The van der Waals surface area contributed by atoms with Crippen LogP contribution >= 0.6 is 15.9 Å². The molecule has 0 radical (unpaired) electrons. The fourth-order valence-corrected chi connectivity index (χ4v) is 2.35. The molecule has 2 rings (SSSR count). The van der Waals surface area contributed by atoms with Gasteiger partial charge in [-0.2, -0.15) is 0 Å². The van der Waals surface area contributed by atoms with E-state index < -0.39 is 0 Å². The summed E-state index contributed by atoms with van der Waals surface area (Å²) in [6, 6.07) is 7.68. The SMILES string of the molecule is CNc1cc(Nc2ccc(OC)c(Br)c2)nc(C(C)C)n1. The van der Waals surface area contributed by atoms with E-state index in [-0.39, 0.29) is 5.92 Å². The first-order chi connectivity index (χ1) is 10.0. The predicted molar refractivity (Wildman–Crippen MR) is 89.6 cm³/mol. The second kappa shape index (κ2) is 6.76. The molecule has 6 heteroatoms. The van der Waals surface area contributed by atoms with E-state index >= 15 is 0 Å². The maximum absolute atomic E-state index is 5.23. The summed E-state index contributed by atoms with van der Waals surface area (Å²) >= 11 is 3.48. The molecule has 1 heterocycles. The number of nitrogens with zero attached hydrogens (tertiary/aromatic N) is 2. The second-order valence-electron chi connectivity index (χ2n) is 4.88. The number of hydrogen-bond donors (Lipinski definition) is 2. The van der Waals surface area contributed by atoms with Crippen LogP contribution in [0.5, 0.6) is 5.75 Å². The van der Waals surface area contributed by atoms with Crippen LogP contribution in [0.1, 0.15) is 25.6 Å². The van der Waals surface area contributed by atoms with Gasteiger partial charge in [0.1, 0.15) is 23.2 Å². The lowest BCUT2D eigenvalue weighted by molar-refractivity contribution is 0.412. The van der Waals surface area contributed by atoms with Crippen LogP contribution in [-0.2, 0) is 0 Å². The highest BCUT2D eigenvalue weighted by molar-refractivity contribution is 9.10. The molecule has 112 valence electrons. The normalized spacial score (nSPS) is 10.6. The molecular formula is C15H19BrN4O. The molecule has 0 bridgehead atoms. The fraction of sp³-hybridized carbons (Fsp3) is 0.333. The summed E-state index contributed by atoms with van der Waals surface area (Å²) in [6.07, 6.45) is 0. The summed E-state index contributed by atoms with van der Waals surface area (Å²) in [6.45, 7) is 4.14. The summed E-state index contributed by atoms with van der Waals surface area (Å²) in [5.41, 5.74) is 0.929. The van der Waals surface area contributed by atoms with E-state index in [9.17, 15) is 0 Å². The Bertz CT molecular complexity index is 631. The van der Waals surface area contributed by atoms with E-state index in [0.29, 0.717) is 0 Å². The van der Waals surface area contributed by atoms with Gasteiger partial charge in [-0.1, -0.05) is 13.8 Å². The van der Waals surface area contributed by atoms with Gasteiger partial charge in [-0.3, -0.25) is 0 Å². The Kier molecular flexibility index (Phi) is 5.01. The van der Waals surface area contributed by atoms with Crippen LogP contribution in [0.3, 0.4) is 0 Å². The molecule has 0 aliphatic rings. The van der Waals surface area contributed by atoms with Crippen LogP contribution < -0.4 is 15.4 Å². The van der Waals surface area contributed by atoms with Crippen molar-refractivity contribution in [2.45, 2.75) is 19.8 Å². The maximum atomic E-state index is 5.23. The van der Waals surface area contributed by atoms with Gasteiger partial charge in [0.2, 0.25) is 0 Å². The van der Waals surface area contributed by atoms with Crippen LogP contribution in [0.15, 0.2) is 28.7 Å². The van der Waals surface area contributed by atoms with Crippen molar-refractivity contribution >= 4 is 33.3 Å². The third-order valence-corrected chi connectivity index (χ3v) is 3.56. The van der Waals surface area contributed by atoms with Crippen LogP contribution in [0.25, 0.3) is 0 Å². The zero-order valence-corrected chi connectivity index (χ0v) is 14.2. The minimum Gasteiger partial charge on any atom is -0.496 e. The highest BCUT2D eigenvalue weighted by Crippen LogP contribution is 2.29. The van der Waals surface area contributed by atoms with Crippen LogP contribution in [0.2, 0.25) is 0 Å². The smallest absolute Gasteiger partial charge is 0.136 e. The topological polar surface area (TPSA) is 59.1 Å². The molecule has 2 N–H and O–H groups in total. The molecule has 21 heavy (non-hydrogen) atoms. The summed E-state index contributed by atoms with van der Waals surface area (Å²) in [4.78, 5) is 8.99. The van der Waals surface area contributed by atoms with Crippen molar-refractivity contribution in [3.05, 3.63) is 34.6 Å². The van der Waals surface area contributed by atoms with Gasteiger partial charge >= 0.3 is 0 Å². The lowest BCUT2D eigenvalue weighted by Crippen LogP contribution is -2.05. The highest BCUT2D eigenvalue weighted by atomic mass is 79.9. The lowest BCUT2D eigenvalue weighted by Gasteiger charge is -2.12. The molecule has 5 nitrogen and oxygen atoms in total. The Morgan fingerprint density at radius 2 is 1.86 bits per heavy atom. The quantitative estimate of drug-likeness (QED) is 0.847. The van der Waals surface area contributed by atoms with Gasteiger partial charge in [0.25, 0.3) is 0 Å². The summed E-state index contributed by atoms with van der Waals surface area (Å²) in [7, 11) is 3.49. The van der Waals surface area contributed by atoms with E-state index in [0.717, 1.165) is 33.4 Å². The number of hydrogen-bond acceptors (Lipinski definition) is 5. The van der Waals surface area contributed by atoms with Crippen molar-refractivity contribution in [3.63, 3.8) is 0 Å². The van der Waals surface area contributed by atoms with Crippen LogP contribution in [-0.4, -0.2) is 24.1 Å². The van der Waals surface area contributed by atoms with Crippen LogP contribution in [0.4, 0.5) is 17.3 Å². The Hall–Kier alpha value is -1.82. The first-order valence-corrected chi connectivity index (χ1v) is 7.50. The molecule has 0 aliphatic heterocycles. The van der Waals surface area contributed by atoms with Gasteiger partial charge < -0.3 is 15.4 Å². The number of nitrogens with one attached hydrogen (secondary N) is 2. The molecule has 0 unspecified atom stereocenters. The zero-order chi connectivity index (χ0) is 15.4. The van der Waals surface area contributed by atoms with Gasteiger partial charge in [0.15, 0.2) is 0 Å². The first-order valence-electron chi connectivity index (χ1n) is 6.70. The minimum atomic E-state index is 0.265. The summed E-state index contributed by atoms with van der Waals surface area (Å²) in [5.74, 6) is 3.42. The van der Waals surface area contributed by atoms with E-state index in [1.807, 2.05) is 31.3 Å². The van der Waals surface area contributed by atoms with Crippen LogP contribution in [0, 0.1) is 0 Å². The molecule has 1 aromatic heterocycles. The standard InChI is InChI=1S/C15H19BrN4O/c1-9(2)15-19-13(17-3)8-14(20-15)18-10-5-6-12(21-4)11(16)7-10/h5-9H,1-4H3,(H2,17,18,19,20). The average Bonchev–Trinajstić information content (AvgIpc) is 2.47. The highest BCUT2D eigenvalue weighted by Gasteiger charge is 2.08. The van der Waals surface area contributed by atoms with Crippen molar-refractivity contribution in [3.8, 4) is 5.75 Å². The van der Waals surface area contributed by atoms with E-state index in [1.165, 1.54) is 0 Å². The van der Waals surface area contributed by atoms with Gasteiger partial charge in [-0.25, -0.2) is 9.97 Å². The van der Waals surface area contributed by atoms with E-state index in [2.05, 4.69) is 50.4 Å². The number of rotatable bonds is 5. The molecule has 0 aliphatic carbocycles. The van der Waals surface area contributed by atoms with Crippen molar-refractivity contribution in [2.24, 2.45) is 0 Å². The molecule has 0 amide bonds. The Morgan fingerprint density at radius 1 is 1.14 bits per heavy atom. The Morgan fingerprint density at radius 3 is 2.43 bits per heavy atom. The monoisotopic (exact) mass is 350 g/mol. The average molecular weight is 351 g/mol. The molecule has 0 saturated carbocycles. The number of aromatic nitrogens is 2. The number of methoxy groups -OCH3 is 1. The summed E-state index contributed by atoms with van der Waals surface area (Å²) < 4.78 is 6.12. The van der Waals surface area contributed by atoms with Crippen molar-refractivity contribution in [1.82, 2.24) is 9.97 Å². The van der Waals surface area contributed by atoms with Crippen molar-refractivity contribution < 1.29 is 4.74 Å². The number of ether oxygens (including phenoxy) is 1. The second-order valence-corrected chi connectivity index (χ2v) is 5.73. The maximum Gasteiger partial charge on any atom is 0.136 e. The van der Waals surface area contributed by atoms with Gasteiger partial charge in [-0.05, 0) is 34.1 Å². The molecule has 2 aromatic rings. The Balaban J connectivity index is 2.30. The predicted octanol–water partition coefficient (Wildman–Crippen LogP) is 4.16. The first kappa shape index (κ1) is 15.6. The molecular weight excluding hydrogens is 332 g/mol. The fourth-order valence-electron chi connectivity index (χ4n) is 1.81. The molecule has 0 atom stereocenters. The third-order valence-electron chi connectivity index (χ3n) is 2.94. The largest absolute Gasteiger partial charge is 0.496 e. The lowest BCUT2D eigenvalue weighted by atomic mass is 10.2. The molecule has 0 saturated heterocycles. The van der Waals surface area contributed by atoms with Gasteiger partial charge in [0, 0.05) is 24.7 Å². The van der Waals surface area contributed by atoms with Crippen molar-refractivity contribution in [2.75, 3.05) is 24.8 Å². The summed E-state index contributed by atoms with van der Waals surface area (Å²) in [5, 5.41) is 6.35. The minimum absolute atomic E-state index is 0.265. The van der Waals surface area contributed by atoms with E-state index in [4.69, 9.17) is 4.74 Å². The van der Waals surface area contributed by atoms with Crippen molar-refractivity contribution in [1.29, 1.82) is 0 Å². The number of anilines is 3. The third kappa shape index (κ3) is 3.85.